The van der Waals surface area contributed by atoms with Gasteiger partial charge in [-0.1, -0.05) is 12.1 Å². The second-order valence-corrected chi connectivity index (χ2v) is 6.44. The van der Waals surface area contributed by atoms with Crippen LogP contribution in [0.3, 0.4) is 0 Å². The first-order chi connectivity index (χ1) is 12.2. The number of aryl methyl sites for hydroxylation is 1. The molecule has 0 bridgehead atoms. The van der Waals surface area contributed by atoms with Crippen molar-refractivity contribution >= 4 is 5.91 Å². The zero-order valence-electron chi connectivity index (χ0n) is 14.6. The molecule has 1 aromatic carbocycles. The molecule has 1 aromatic heterocycles. The van der Waals surface area contributed by atoms with Crippen LogP contribution in [-0.4, -0.2) is 28.7 Å². The van der Waals surface area contributed by atoms with Gasteiger partial charge in [0.1, 0.15) is 5.82 Å². The summed E-state index contributed by atoms with van der Waals surface area (Å²) in [5.41, 5.74) is 6.96. The van der Waals surface area contributed by atoms with Gasteiger partial charge in [0.05, 0.1) is 6.04 Å². The Kier molecular flexibility index (Phi) is 5.83. The predicted molar refractivity (Wildman–Crippen MR) is 96.0 cm³/mol. The Bertz CT molecular complexity index is 690. The molecule has 0 aliphatic carbocycles. The third kappa shape index (κ3) is 4.27. The number of imidazole rings is 1. The van der Waals surface area contributed by atoms with Crippen molar-refractivity contribution < 1.29 is 9.53 Å². The zero-order chi connectivity index (χ0) is 17.6. The molecule has 3 N–H and O–H groups in total. The summed E-state index contributed by atoms with van der Waals surface area (Å²) in [5.74, 6) is 1.19. The zero-order valence-corrected chi connectivity index (χ0v) is 14.6. The third-order valence-electron chi connectivity index (χ3n) is 4.87. The monoisotopic (exact) mass is 342 g/mol. The minimum atomic E-state index is -0.399. The van der Waals surface area contributed by atoms with E-state index in [0.717, 1.165) is 50.5 Å². The number of carbonyl (C=O) groups is 1. The molecule has 2 heterocycles. The van der Waals surface area contributed by atoms with E-state index in [0.29, 0.717) is 11.5 Å². The quantitative estimate of drug-likeness (QED) is 0.808. The Morgan fingerprint density at radius 1 is 1.36 bits per heavy atom. The van der Waals surface area contributed by atoms with Crippen LogP contribution >= 0.6 is 0 Å². The molecule has 0 saturated carbocycles. The van der Waals surface area contributed by atoms with E-state index < -0.39 is 5.91 Å². The van der Waals surface area contributed by atoms with Crippen LogP contribution in [0.1, 0.15) is 47.6 Å². The average Bonchev–Trinajstić information content (AvgIpc) is 3.12. The number of primary amides is 1. The van der Waals surface area contributed by atoms with Crippen LogP contribution < -0.4 is 11.1 Å². The molecule has 6 nitrogen and oxygen atoms in total. The highest BCUT2D eigenvalue weighted by molar-refractivity contribution is 5.92. The van der Waals surface area contributed by atoms with Crippen molar-refractivity contribution in [3.63, 3.8) is 0 Å². The topological polar surface area (TPSA) is 82.2 Å². The Morgan fingerprint density at radius 3 is 2.72 bits per heavy atom. The van der Waals surface area contributed by atoms with Crippen molar-refractivity contribution in [2.45, 2.75) is 38.9 Å². The summed E-state index contributed by atoms with van der Waals surface area (Å²) in [7, 11) is 0. The van der Waals surface area contributed by atoms with E-state index in [-0.39, 0.29) is 6.04 Å². The minimum absolute atomic E-state index is 0.190. The molecule has 0 spiro atoms. The van der Waals surface area contributed by atoms with Crippen LogP contribution in [0.25, 0.3) is 0 Å². The Balaban J connectivity index is 1.74. The molecular weight excluding hydrogens is 316 g/mol. The highest BCUT2D eigenvalue weighted by atomic mass is 16.5. The summed E-state index contributed by atoms with van der Waals surface area (Å²) in [6.45, 7) is 5.38. The second-order valence-electron chi connectivity index (χ2n) is 6.44. The molecule has 3 rings (SSSR count). The molecular formula is C19H26N4O2. The molecule has 6 heteroatoms. The number of amides is 1. The number of ether oxygens (including phenoxy) is 1. The molecule has 1 aliphatic rings. The average molecular weight is 342 g/mol. The van der Waals surface area contributed by atoms with E-state index in [1.165, 1.54) is 0 Å². The summed E-state index contributed by atoms with van der Waals surface area (Å²) >= 11 is 0. The van der Waals surface area contributed by atoms with Crippen LogP contribution in [0.5, 0.6) is 0 Å². The van der Waals surface area contributed by atoms with Gasteiger partial charge in [-0.15, -0.1) is 0 Å². The third-order valence-corrected chi connectivity index (χ3v) is 4.87. The van der Waals surface area contributed by atoms with Gasteiger partial charge in [-0.25, -0.2) is 4.98 Å². The summed E-state index contributed by atoms with van der Waals surface area (Å²) in [6.07, 6.45) is 5.98. The lowest BCUT2D eigenvalue weighted by Gasteiger charge is -2.31. The smallest absolute Gasteiger partial charge is 0.248 e. The van der Waals surface area contributed by atoms with Crippen LogP contribution in [0.4, 0.5) is 0 Å². The minimum Gasteiger partial charge on any atom is -0.381 e. The Hall–Kier alpha value is -2.18. The number of hydrogen-bond acceptors (Lipinski definition) is 4. The van der Waals surface area contributed by atoms with E-state index in [1.54, 1.807) is 12.1 Å². The largest absolute Gasteiger partial charge is 0.381 e. The highest BCUT2D eigenvalue weighted by Gasteiger charge is 2.28. The SMILES string of the molecule is CCn1ccnc1[C@H](NCc1ccc(C(N)=O)cc1)C1CCOCC1. The lowest BCUT2D eigenvalue weighted by Crippen LogP contribution is -2.34. The van der Waals surface area contributed by atoms with Crippen molar-refractivity contribution in [1.82, 2.24) is 14.9 Å². The number of carbonyl (C=O) groups excluding carboxylic acids is 1. The van der Waals surface area contributed by atoms with E-state index in [2.05, 4.69) is 21.8 Å². The molecule has 0 radical (unpaired) electrons. The summed E-state index contributed by atoms with van der Waals surface area (Å²) in [4.78, 5) is 15.8. The Labute approximate surface area is 148 Å². The van der Waals surface area contributed by atoms with Gasteiger partial charge in [0.15, 0.2) is 0 Å². The molecule has 2 aromatic rings. The normalized spacial score (nSPS) is 16.7. The van der Waals surface area contributed by atoms with Crippen molar-refractivity contribution in [3.8, 4) is 0 Å². The maximum atomic E-state index is 11.2. The molecule has 1 aliphatic heterocycles. The van der Waals surface area contributed by atoms with Gasteiger partial charge in [0.2, 0.25) is 5.91 Å². The molecule has 1 amide bonds. The van der Waals surface area contributed by atoms with E-state index in [4.69, 9.17) is 10.5 Å². The van der Waals surface area contributed by atoms with Gasteiger partial charge in [0.25, 0.3) is 0 Å². The van der Waals surface area contributed by atoms with Crippen LogP contribution in [-0.2, 0) is 17.8 Å². The maximum absolute atomic E-state index is 11.2. The summed E-state index contributed by atoms with van der Waals surface area (Å²) in [5, 5.41) is 3.68. The fourth-order valence-electron chi connectivity index (χ4n) is 3.40. The van der Waals surface area contributed by atoms with Gasteiger partial charge in [0, 0.05) is 44.3 Å². The van der Waals surface area contributed by atoms with Crippen LogP contribution in [0, 0.1) is 5.92 Å². The number of rotatable bonds is 7. The maximum Gasteiger partial charge on any atom is 0.248 e. The number of benzene rings is 1. The molecule has 25 heavy (non-hydrogen) atoms. The van der Waals surface area contributed by atoms with Crippen LogP contribution in [0.2, 0.25) is 0 Å². The highest BCUT2D eigenvalue weighted by Crippen LogP contribution is 2.29. The van der Waals surface area contributed by atoms with Gasteiger partial charge >= 0.3 is 0 Å². The van der Waals surface area contributed by atoms with Crippen molar-refractivity contribution in [2.24, 2.45) is 11.7 Å². The molecule has 1 atom stereocenters. The first-order valence-electron chi connectivity index (χ1n) is 8.90. The molecule has 1 saturated heterocycles. The summed E-state index contributed by atoms with van der Waals surface area (Å²) < 4.78 is 7.72. The first-order valence-corrected chi connectivity index (χ1v) is 8.90. The number of hydrogen-bond donors (Lipinski definition) is 2. The number of aromatic nitrogens is 2. The van der Waals surface area contributed by atoms with Gasteiger partial charge in [-0.2, -0.15) is 0 Å². The number of nitrogens with zero attached hydrogens (tertiary/aromatic N) is 2. The van der Waals surface area contributed by atoms with E-state index in [1.807, 2.05) is 24.5 Å². The van der Waals surface area contributed by atoms with Crippen molar-refractivity contribution in [1.29, 1.82) is 0 Å². The lowest BCUT2D eigenvalue weighted by molar-refractivity contribution is 0.0517. The summed E-state index contributed by atoms with van der Waals surface area (Å²) in [6, 6.07) is 7.63. The first kappa shape index (κ1) is 17.6. The van der Waals surface area contributed by atoms with Crippen molar-refractivity contribution in [3.05, 3.63) is 53.6 Å². The van der Waals surface area contributed by atoms with Gasteiger partial charge in [-0.3, -0.25) is 4.79 Å². The van der Waals surface area contributed by atoms with Crippen LogP contribution in [0.15, 0.2) is 36.7 Å². The molecule has 0 unspecified atom stereocenters. The van der Waals surface area contributed by atoms with Gasteiger partial charge < -0.3 is 20.4 Å². The Morgan fingerprint density at radius 2 is 2.08 bits per heavy atom. The fraction of sp³-hybridized carbons (Fsp3) is 0.474. The fourth-order valence-corrected chi connectivity index (χ4v) is 3.40. The number of nitrogens with one attached hydrogen (secondary N) is 1. The van der Waals surface area contributed by atoms with E-state index >= 15 is 0 Å². The molecule has 1 fully saturated rings. The number of nitrogens with two attached hydrogens (primary N) is 1. The van der Waals surface area contributed by atoms with E-state index in [9.17, 15) is 4.79 Å². The lowest BCUT2D eigenvalue weighted by atomic mass is 9.90. The van der Waals surface area contributed by atoms with Crippen molar-refractivity contribution in [2.75, 3.05) is 13.2 Å². The standard InChI is InChI=1S/C19H26N4O2/c1-2-23-10-9-21-19(23)17(15-7-11-25-12-8-15)22-13-14-3-5-16(6-4-14)18(20)24/h3-6,9-10,15,17,22H,2,7-8,11-13H2,1H3,(H2,20,24)/t17-/m1/s1. The second kappa shape index (κ2) is 8.27. The van der Waals surface area contributed by atoms with Gasteiger partial charge in [-0.05, 0) is 43.4 Å². The predicted octanol–water partition coefficient (Wildman–Crippen LogP) is 2.26. The molecule has 134 valence electrons.